The molecule has 372 valence electrons. The lowest BCUT2D eigenvalue weighted by molar-refractivity contribution is 0.563. The molecule has 1 aliphatic heterocycles. The van der Waals surface area contributed by atoms with Gasteiger partial charge in [0.1, 0.15) is 0 Å². The fraction of sp³-hybridized carbons (Fsp3) is 0.147. The number of benzene rings is 9. The van der Waals surface area contributed by atoms with Crippen molar-refractivity contribution in [2.24, 2.45) is 5.92 Å². The smallest absolute Gasteiger partial charge is 0.0714 e. The summed E-state index contributed by atoms with van der Waals surface area (Å²) in [6, 6.07) is 78.3. The third-order valence-corrected chi connectivity index (χ3v) is 17.8. The topological polar surface area (TPSA) is 6.48 Å². The molecule has 0 bridgehead atoms. The minimum Gasteiger partial charge on any atom is -0.311 e. The van der Waals surface area contributed by atoms with E-state index in [1.54, 1.807) is 5.57 Å². The van der Waals surface area contributed by atoms with Crippen LogP contribution in [-0.4, -0.2) is 0 Å². The van der Waals surface area contributed by atoms with Gasteiger partial charge in [-0.25, -0.2) is 0 Å². The highest BCUT2D eigenvalue weighted by atomic mass is 15.2. The van der Waals surface area contributed by atoms with Crippen LogP contribution in [0.3, 0.4) is 0 Å². The maximum atomic E-state index is 4.59. The summed E-state index contributed by atoms with van der Waals surface area (Å²) in [6.07, 6.45) is 18.8. The molecule has 0 saturated heterocycles. The van der Waals surface area contributed by atoms with E-state index in [1.807, 2.05) is 0 Å². The molecule has 2 heteroatoms. The number of fused-ring (bicyclic) bond motifs is 10. The zero-order valence-electron chi connectivity index (χ0n) is 44.3. The van der Waals surface area contributed by atoms with Crippen LogP contribution in [0.4, 0.5) is 22.7 Å². The summed E-state index contributed by atoms with van der Waals surface area (Å²) in [6.45, 7) is 11.3. The molecule has 1 spiro atoms. The van der Waals surface area contributed by atoms with Crippen molar-refractivity contribution in [3.8, 4) is 22.3 Å². The van der Waals surface area contributed by atoms with Gasteiger partial charge in [0.2, 0.25) is 0 Å². The van der Waals surface area contributed by atoms with E-state index < -0.39 is 5.41 Å². The molecule has 9 aromatic carbocycles. The van der Waals surface area contributed by atoms with Crippen LogP contribution < -0.4 is 9.80 Å². The van der Waals surface area contributed by atoms with Gasteiger partial charge in [0.05, 0.1) is 5.41 Å². The van der Waals surface area contributed by atoms with Crippen molar-refractivity contribution in [3.05, 3.63) is 321 Å². The van der Waals surface area contributed by atoms with Crippen molar-refractivity contribution in [1.82, 2.24) is 0 Å². The molecule has 1 atom stereocenters. The lowest BCUT2D eigenvalue weighted by Gasteiger charge is -2.36. The fourth-order valence-corrected chi connectivity index (χ4v) is 14.3. The molecule has 0 N–H and O–H groups in total. The van der Waals surface area contributed by atoms with E-state index in [2.05, 4.69) is 280 Å². The standard InChI is InChI=1S/C75H62N2/c1-5-19-52(4)76(71-29-16-12-20-51(71)3)60-37-42-64-63-39-34-53(44-67(63)74(68(64)46-60)48-56-23-13-14-24-57(56)49-74)32-33-54-35-40-65-66-43-38-61(77-72-30-17-15-22-55(72)36-41-62-50(2)21-18-31-73(62)77)47-70(66)75(69(65)45-54,58-25-8-6-9-26-58)59-27-10-7-11-28-59/h5-20,22-35,37-40,42-47,50H,4,21,36,41,48-49H2,1-3H3. The van der Waals surface area contributed by atoms with Crippen molar-refractivity contribution >= 4 is 34.9 Å². The number of nitrogens with zero attached hydrogens (tertiary/aromatic N) is 2. The quantitative estimate of drug-likeness (QED) is 0.105. The first kappa shape index (κ1) is 46.8. The molecule has 1 heterocycles. The van der Waals surface area contributed by atoms with Crippen LogP contribution in [-0.2, 0) is 30.1 Å². The molecule has 0 amide bonds. The summed E-state index contributed by atoms with van der Waals surface area (Å²) >= 11 is 0. The van der Waals surface area contributed by atoms with Gasteiger partial charge in [0.25, 0.3) is 0 Å². The molecule has 5 aliphatic rings. The van der Waals surface area contributed by atoms with E-state index in [4.69, 9.17) is 0 Å². The molecule has 77 heavy (non-hydrogen) atoms. The van der Waals surface area contributed by atoms with E-state index >= 15 is 0 Å². The highest BCUT2D eigenvalue weighted by molar-refractivity contribution is 5.91. The number of para-hydroxylation sites is 2. The first-order valence-corrected chi connectivity index (χ1v) is 27.7. The Labute approximate surface area is 455 Å². The molecule has 0 aromatic heterocycles. The Morgan fingerprint density at radius 1 is 0.571 bits per heavy atom. The third kappa shape index (κ3) is 7.37. The van der Waals surface area contributed by atoms with Crippen molar-refractivity contribution in [3.63, 3.8) is 0 Å². The van der Waals surface area contributed by atoms with Gasteiger partial charge in [-0.05, 0) is 201 Å². The van der Waals surface area contributed by atoms with Crippen molar-refractivity contribution < 1.29 is 0 Å². The number of hydrogen-bond donors (Lipinski definition) is 0. The van der Waals surface area contributed by atoms with Gasteiger partial charge in [-0.15, -0.1) is 0 Å². The van der Waals surface area contributed by atoms with Crippen LogP contribution in [0, 0.1) is 12.8 Å². The van der Waals surface area contributed by atoms with E-state index in [0.29, 0.717) is 5.92 Å². The molecule has 0 fully saturated rings. The van der Waals surface area contributed by atoms with Gasteiger partial charge >= 0.3 is 0 Å². The fourth-order valence-electron chi connectivity index (χ4n) is 14.3. The van der Waals surface area contributed by atoms with Crippen LogP contribution >= 0.6 is 0 Å². The first-order chi connectivity index (χ1) is 37.8. The Morgan fingerprint density at radius 3 is 1.81 bits per heavy atom. The maximum absolute atomic E-state index is 4.59. The molecule has 0 radical (unpaired) electrons. The molecule has 0 saturated carbocycles. The zero-order valence-corrected chi connectivity index (χ0v) is 44.3. The summed E-state index contributed by atoms with van der Waals surface area (Å²) in [7, 11) is 0. The second-order valence-corrected chi connectivity index (χ2v) is 22.1. The second-order valence-electron chi connectivity index (χ2n) is 22.1. The Morgan fingerprint density at radius 2 is 1.13 bits per heavy atom. The number of allylic oxidation sites excluding steroid dienone is 5. The van der Waals surface area contributed by atoms with Gasteiger partial charge in [0, 0.05) is 39.6 Å². The Balaban J connectivity index is 0.889. The molecular weight excluding hydrogens is 929 g/mol. The van der Waals surface area contributed by atoms with Gasteiger partial charge in [-0.2, -0.15) is 0 Å². The van der Waals surface area contributed by atoms with Crippen molar-refractivity contribution in [2.45, 2.75) is 63.7 Å². The average molecular weight is 991 g/mol. The predicted molar refractivity (Wildman–Crippen MR) is 323 cm³/mol. The highest BCUT2D eigenvalue weighted by Gasteiger charge is 2.49. The van der Waals surface area contributed by atoms with Crippen LogP contribution in [0.25, 0.3) is 34.4 Å². The van der Waals surface area contributed by atoms with E-state index in [9.17, 15) is 0 Å². The zero-order chi connectivity index (χ0) is 51.8. The Kier molecular flexibility index (Phi) is 11.3. The van der Waals surface area contributed by atoms with Crippen LogP contribution in [0.15, 0.2) is 254 Å². The van der Waals surface area contributed by atoms with Crippen LogP contribution in [0.2, 0.25) is 0 Å². The first-order valence-electron chi connectivity index (χ1n) is 27.7. The minimum absolute atomic E-state index is 0.199. The SMILES string of the molecule is C=C(C=CC)N(c1ccc2c(c1)C1(Cc3ccccc3C1)c1cc(C=Cc3ccc4c(c3)C(c3ccccc3)(c3ccccc3)c3cc(N5C6=C(CCc7ccccc75)C(C)CC=C6)ccc3-4)ccc1-2)c1ccccc1C. The van der Waals surface area contributed by atoms with Gasteiger partial charge < -0.3 is 9.80 Å². The summed E-state index contributed by atoms with van der Waals surface area (Å²) in [5, 5.41) is 0. The lowest BCUT2D eigenvalue weighted by atomic mass is 9.67. The lowest BCUT2D eigenvalue weighted by Crippen LogP contribution is -2.29. The molecule has 14 rings (SSSR count). The van der Waals surface area contributed by atoms with E-state index in [1.165, 1.54) is 106 Å². The van der Waals surface area contributed by atoms with Gasteiger partial charge in [-0.1, -0.05) is 202 Å². The van der Waals surface area contributed by atoms with Gasteiger partial charge in [-0.3, -0.25) is 0 Å². The molecule has 2 nitrogen and oxygen atoms in total. The molecule has 1 unspecified atom stereocenters. The summed E-state index contributed by atoms with van der Waals surface area (Å²) in [5.41, 5.74) is 28.9. The highest BCUT2D eigenvalue weighted by Crippen LogP contribution is 2.59. The number of aryl methyl sites for hydroxylation is 2. The largest absolute Gasteiger partial charge is 0.311 e. The normalized spacial score (nSPS) is 16.9. The average Bonchev–Trinajstić information content (AvgIpc) is 4.11. The van der Waals surface area contributed by atoms with Crippen molar-refractivity contribution in [2.75, 3.05) is 9.80 Å². The number of hydrogen-bond acceptors (Lipinski definition) is 2. The number of rotatable bonds is 9. The van der Waals surface area contributed by atoms with Gasteiger partial charge in [0.15, 0.2) is 0 Å². The molecule has 4 aliphatic carbocycles. The Hall–Kier alpha value is -8.72. The minimum atomic E-state index is -0.568. The Bertz CT molecular complexity index is 3910. The molecular formula is C75H62N2. The van der Waals surface area contributed by atoms with Crippen LogP contribution in [0.1, 0.15) is 93.5 Å². The third-order valence-electron chi connectivity index (χ3n) is 17.8. The summed E-state index contributed by atoms with van der Waals surface area (Å²) < 4.78 is 0. The molecule has 9 aromatic rings. The van der Waals surface area contributed by atoms with Crippen LogP contribution in [0.5, 0.6) is 0 Å². The monoisotopic (exact) mass is 990 g/mol. The second kappa shape index (κ2) is 18.5. The maximum Gasteiger partial charge on any atom is 0.0714 e. The predicted octanol–water partition coefficient (Wildman–Crippen LogP) is 18.8. The summed E-state index contributed by atoms with van der Waals surface area (Å²) in [4.78, 5) is 4.91. The summed E-state index contributed by atoms with van der Waals surface area (Å²) in [5.74, 6) is 0.502. The van der Waals surface area contributed by atoms with Crippen molar-refractivity contribution in [1.29, 1.82) is 0 Å². The van der Waals surface area contributed by atoms with E-state index in [0.717, 1.165) is 49.2 Å². The number of anilines is 4. The van der Waals surface area contributed by atoms with E-state index in [-0.39, 0.29) is 5.41 Å².